The molecule has 0 amide bonds. The van der Waals surface area contributed by atoms with Crippen molar-refractivity contribution in [3.63, 3.8) is 0 Å². The van der Waals surface area contributed by atoms with Gasteiger partial charge in [-0.3, -0.25) is 0 Å². The Kier molecular flexibility index (Phi) is 11.9. The normalized spacial score (nSPS) is 12.1. The summed E-state index contributed by atoms with van der Waals surface area (Å²) < 4.78 is 0. The molecule has 1 aromatic rings. The first-order valence-corrected chi connectivity index (χ1v) is 9.80. The molecular weight excluding hydrogens is 340 g/mol. The number of phenols is 2. The number of aryl methyl sites for hydroxylation is 1. The number of allylic oxidation sites excluding steroid dienone is 3. The third-order valence-corrected chi connectivity index (χ3v) is 4.30. The molecule has 4 nitrogen and oxygen atoms in total. The van der Waals surface area contributed by atoms with Gasteiger partial charge in [-0.25, -0.2) is 4.79 Å². The summed E-state index contributed by atoms with van der Waals surface area (Å²) in [5, 5.41) is 30.4. The lowest BCUT2D eigenvalue weighted by molar-refractivity contribution is 0.0692. The lowest BCUT2D eigenvalue weighted by Gasteiger charge is -2.18. The standard InChI is InChI=1S/C20H30O4.C3H6/c1-5-7-8-10-15-12-16(21)17(19(22)18(15)20(23)24)14(4)11-13(3)9-6-2;1-3-2/h11-12,14,21-22H,5-10H2,1-4H3,(H,23,24);3H,1H2,2H3/b13-11-;. The number of unbranched alkanes of at least 4 members (excludes halogenated alkanes) is 2. The minimum Gasteiger partial charge on any atom is -0.507 e. The third kappa shape index (κ3) is 7.90. The molecule has 0 heterocycles. The molecule has 0 aliphatic carbocycles. The highest BCUT2D eigenvalue weighted by molar-refractivity contribution is 5.93. The van der Waals surface area contributed by atoms with Crippen molar-refractivity contribution in [2.45, 2.75) is 79.1 Å². The summed E-state index contributed by atoms with van der Waals surface area (Å²) in [6.45, 7) is 13.3. The van der Waals surface area contributed by atoms with Crippen LogP contribution >= 0.6 is 0 Å². The lowest BCUT2D eigenvalue weighted by Crippen LogP contribution is -2.07. The molecule has 0 aliphatic heterocycles. The van der Waals surface area contributed by atoms with E-state index in [0.717, 1.165) is 37.7 Å². The Bertz CT molecular complexity index is 644. The highest BCUT2D eigenvalue weighted by Crippen LogP contribution is 2.40. The Morgan fingerprint density at radius 3 is 2.30 bits per heavy atom. The number of benzene rings is 1. The zero-order valence-electron chi connectivity index (χ0n) is 17.5. The van der Waals surface area contributed by atoms with Crippen LogP contribution in [0.15, 0.2) is 30.4 Å². The van der Waals surface area contributed by atoms with Gasteiger partial charge in [0, 0.05) is 11.5 Å². The Balaban J connectivity index is 0.00000210. The Morgan fingerprint density at radius 1 is 1.22 bits per heavy atom. The molecular formula is C23H36O4. The molecule has 1 atom stereocenters. The first kappa shape index (κ1) is 24.8. The molecule has 0 aliphatic rings. The summed E-state index contributed by atoms with van der Waals surface area (Å²) in [5.74, 6) is -1.74. The van der Waals surface area contributed by atoms with Crippen molar-refractivity contribution >= 4 is 5.97 Å². The number of aromatic hydroxyl groups is 2. The van der Waals surface area contributed by atoms with E-state index in [-0.39, 0.29) is 23.0 Å². The fourth-order valence-corrected chi connectivity index (χ4v) is 3.16. The molecule has 1 rings (SSSR count). The summed E-state index contributed by atoms with van der Waals surface area (Å²) in [6, 6.07) is 1.51. The van der Waals surface area contributed by atoms with Crippen LogP contribution in [0.1, 0.15) is 94.1 Å². The van der Waals surface area contributed by atoms with Gasteiger partial charge in [0.15, 0.2) is 0 Å². The van der Waals surface area contributed by atoms with E-state index in [1.165, 1.54) is 6.07 Å². The molecule has 0 aromatic heterocycles. The zero-order chi connectivity index (χ0) is 21.0. The minimum absolute atomic E-state index is 0.0305. The SMILES string of the molecule is C=CC.CCCCCc1cc(O)c(C(C)/C=C(/C)CCC)c(O)c1C(=O)O. The van der Waals surface area contributed by atoms with Crippen LogP contribution in [0.4, 0.5) is 0 Å². The molecule has 4 heteroatoms. The van der Waals surface area contributed by atoms with Gasteiger partial charge in [0.05, 0.1) is 0 Å². The average molecular weight is 377 g/mol. The maximum atomic E-state index is 11.6. The highest BCUT2D eigenvalue weighted by Gasteiger charge is 2.24. The molecule has 27 heavy (non-hydrogen) atoms. The monoisotopic (exact) mass is 376 g/mol. The predicted molar refractivity (Wildman–Crippen MR) is 113 cm³/mol. The van der Waals surface area contributed by atoms with Crippen molar-refractivity contribution in [2.75, 3.05) is 0 Å². The van der Waals surface area contributed by atoms with E-state index in [9.17, 15) is 20.1 Å². The van der Waals surface area contributed by atoms with Gasteiger partial charge in [0.1, 0.15) is 17.1 Å². The van der Waals surface area contributed by atoms with Crippen LogP contribution < -0.4 is 0 Å². The number of carbonyl (C=O) groups is 1. The van der Waals surface area contributed by atoms with Crippen LogP contribution in [0.5, 0.6) is 11.5 Å². The molecule has 0 saturated carbocycles. The van der Waals surface area contributed by atoms with Crippen molar-refractivity contribution < 1.29 is 20.1 Å². The zero-order valence-corrected chi connectivity index (χ0v) is 17.5. The van der Waals surface area contributed by atoms with E-state index in [2.05, 4.69) is 20.4 Å². The summed E-state index contributed by atoms with van der Waals surface area (Å²) in [6.07, 6.45) is 9.06. The predicted octanol–water partition coefficient (Wildman–Crippen LogP) is 6.57. The average Bonchev–Trinajstić information content (AvgIpc) is 2.55. The molecule has 0 radical (unpaired) electrons. The lowest BCUT2D eigenvalue weighted by atomic mass is 9.90. The largest absolute Gasteiger partial charge is 0.507 e. The number of hydrogen-bond acceptors (Lipinski definition) is 3. The second-order valence-corrected chi connectivity index (χ2v) is 6.91. The highest BCUT2D eigenvalue weighted by atomic mass is 16.4. The van der Waals surface area contributed by atoms with Crippen molar-refractivity contribution in [1.82, 2.24) is 0 Å². The second-order valence-electron chi connectivity index (χ2n) is 6.91. The number of phenolic OH excluding ortho intramolecular Hbond substituents is 1. The van der Waals surface area contributed by atoms with Gasteiger partial charge < -0.3 is 15.3 Å². The van der Waals surface area contributed by atoms with E-state index in [0.29, 0.717) is 17.5 Å². The van der Waals surface area contributed by atoms with Gasteiger partial charge in [-0.2, -0.15) is 0 Å². The number of hydrogen-bond donors (Lipinski definition) is 3. The Hall–Kier alpha value is -2.23. The van der Waals surface area contributed by atoms with Gasteiger partial charge >= 0.3 is 5.97 Å². The molecule has 0 spiro atoms. The van der Waals surface area contributed by atoms with Gasteiger partial charge in [-0.1, -0.05) is 57.8 Å². The van der Waals surface area contributed by atoms with Crippen LogP contribution in [0.3, 0.4) is 0 Å². The third-order valence-electron chi connectivity index (χ3n) is 4.30. The Labute approximate surface area is 164 Å². The van der Waals surface area contributed by atoms with E-state index >= 15 is 0 Å². The van der Waals surface area contributed by atoms with E-state index in [4.69, 9.17) is 0 Å². The van der Waals surface area contributed by atoms with Crippen LogP contribution in [-0.4, -0.2) is 21.3 Å². The fourth-order valence-electron chi connectivity index (χ4n) is 3.16. The molecule has 0 saturated heterocycles. The molecule has 0 fully saturated rings. The van der Waals surface area contributed by atoms with Crippen LogP contribution in [0.25, 0.3) is 0 Å². The van der Waals surface area contributed by atoms with Gasteiger partial charge in [0.25, 0.3) is 0 Å². The van der Waals surface area contributed by atoms with Crippen LogP contribution in [0.2, 0.25) is 0 Å². The van der Waals surface area contributed by atoms with Gasteiger partial charge in [-0.05, 0) is 44.7 Å². The number of rotatable bonds is 9. The molecule has 152 valence electrons. The van der Waals surface area contributed by atoms with Gasteiger partial charge in [0.2, 0.25) is 0 Å². The first-order valence-electron chi connectivity index (χ1n) is 9.80. The number of aromatic carboxylic acids is 1. The van der Waals surface area contributed by atoms with Crippen molar-refractivity contribution in [1.29, 1.82) is 0 Å². The summed E-state index contributed by atoms with van der Waals surface area (Å²) in [5.41, 5.74) is 1.87. The van der Waals surface area contributed by atoms with Crippen LogP contribution in [-0.2, 0) is 6.42 Å². The number of carboxylic acid groups (broad SMARTS) is 1. The topological polar surface area (TPSA) is 77.8 Å². The maximum Gasteiger partial charge on any atom is 0.339 e. The van der Waals surface area contributed by atoms with Crippen molar-refractivity contribution in [3.8, 4) is 11.5 Å². The smallest absolute Gasteiger partial charge is 0.339 e. The fraction of sp³-hybridized carbons (Fsp3) is 0.522. The molecule has 3 N–H and O–H groups in total. The van der Waals surface area contributed by atoms with E-state index in [1.54, 1.807) is 6.08 Å². The minimum atomic E-state index is -1.15. The first-order chi connectivity index (χ1) is 12.7. The summed E-state index contributed by atoms with van der Waals surface area (Å²) in [7, 11) is 0. The Morgan fingerprint density at radius 2 is 1.81 bits per heavy atom. The number of carboxylic acids is 1. The second kappa shape index (κ2) is 13.0. The van der Waals surface area contributed by atoms with E-state index in [1.807, 2.05) is 26.8 Å². The summed E-state index contributed by atoms with van der Waals surface area (Å²) in [4.78, 5) is 11.6. The van der Waals surface area contributed by atoms with Crippen LogP contribution in [0, 0.1) is 0 Å². The molecule has 1 unspecified atom stereocenters. The van der Waals surface area contributed by atoms with Gasteiger partial charge in [-0.15, -0.1) is 6.58 Å². The summed E-state index contributed by atoms with van der Waals surface area (Å²) >= 11 is 0. The molecule has 1 aromatic carbocycles. The van der Waals surface area contributed by atoms with Crippen molar-refractivity contribution in [2.24, 2.45) is 0 Å². The van der Waals surface area contributed by atoms with Crippen molar-refractivity contribution in [3.05, 3.63) is 47.1 Å². The maximum absolute atomic E-state index is 11.6. The van der Waals surface area contributed by atoms with E-state index < -0.39 is 5.97 Å². The quantitative estimate of drug-likeness (QED) is 0.336. The molecule has 0 bridgehead atoms.